The number of oxazole rings is 1. The van der Waals surface area contributed by atoms with Gasteiger partial charge in [0.15, 0.2) is 18.1 Å². The second-order valence-electron chi connectivity index (χ2n) is 4.24. The van der Waals surface area contributed by atoms with Crippen molar-refractivity contribution in [2.24, 2.45) is 16.5 Å². The summed E-state index contributed by atoms with van der Waals surface area (Å²) in [5.41, 5.74) is 12.8. The topological polar surface area (TPSA) is 102 Å². The standard InChI is InChI=1S/C13H13N5O/c14-12-17-6-5-13(15,18-12)10-4-2-1-3-9(10)11-7-16-8-19-11/h1-8H,15H2,(H3,14,17,18). The highest BCUT2D eigenvalue weighted by Gasteiger charge is 2.30. The van der Waals surface area contributed by atoms with Gasteiger partial charge < -0.3 is 21.2 Å². The lowest BCUT2D eigenvalue weighted by molar-refractivity contribution is 0.507. The van der Waals surface area contributed by atoms with Crippen LogP contribution in [0.25, 0.3) is 11.3 Å². The molecule has 5 N–H and O–H groups in total. The van der Waals surface area contributed by atoms with Gasteiger partial charge in [-0.1, -0.05) is 24.3 Å². The summed E-state index contributed by atoms with van der Waals surface area (Å²) in [7, 11) is 0. The fourth-order valence-electron chi connectivity index (χ4n) is 2.09. The summed E-state index contributed by atoms with van der Waals surface area (Å²) >= 11 is 0. The van der Waals surface area contributed by atoms with Gasteiger partial charge in [-0.25, -0.2) is 9.98 Å². The van der Waals surface area contributed by atoms with Crippen molar-refractivity contribution in [2.75, 3.05) is 0 Å². The molecule has 0 fully saturated rings. The quantitative estimate of drug-likeness (QED) is 0.739. The molecule has 0 aliphatic carbocycles. The number of aliphatic imine (C=N–C) groups is 1. The van der Waals surface area contributed by atoms with Crippen molar-refractivity contribution < 1.29 is 4.42 Å². The van der Waals surface area contributed by atoms with Crippen molar-refractivity contribution in [1.82, 2.24) is 10.3 Å². The van der Waals surface area contributed by atoms with Crippen LogP contribution in [0.15, 0.2) is 58.5 Å². The zero-order valence-electron chi connectivity index (χ0n) is 10.1. The number of guanidine groups is 1. The molecule has 1 aliphatic rings. The van der Waals surface area contributed by atoms with Gasteiger partial charge in [-0.2, -0.15) is 0 Å². The molecule has 0 saturated heterocycles. The SMILES string of the molecule is NC1=NC=CC(N)(c2ccccc2-c2cnco2)N1. The number of rotatable bonds is 2. The van der Waals surface area contributed by atoms with Gasteiger partial charge in [0.05, 0.1) is 6.20 Å². The third-order valence-corrected chi connectivity index (χ3v) is 2.96. The molecule has 6 nitrogen and oxygen atoms in total. The first-order valence-electron chi connectivity index (χ1n) is 5.75. The van der Waals surface area contributed by atoms with Gasteiger partial charge in [0.2, 0.25) is 0 Å². The monoisotopic (exact) mass is 255 g/mol. The Balaban J connectivity index is 2.12. The molecule has 0 amide bonds. The maximum absolute atomic E-state index is 6.36. The van der Waals surface area contributed by atoms with Gasteiger partial charge in [0.25, 0.3) is 0 Å². The second kappa shape index (κ2) is 4.25. The first kappa shape index (κ1) is 11.5. The van der Waals surface area contributed by atoms with Crippen molar-refractivity contribution in [2.45, 2.75) is 5.66 Å². The third-order valence-electron chi connectivity index (χ3n) is 2.96. The predicted octanol–water partition coefficient (Wildman–Crippen LogP) is 0.885. The Hall–Kier alpha value is -2.60. The molecule has 1 aromatic carbocycles. The maximum Gasteiger partial charge on any atom is 0.195 e. The molecule has 0 bridgehead atoms. The molecule has 3 rings (SSSR count). The minimum Gasteiger partial charge on any atom is -0.444 e. The van der Waals surface area contributed by atoms with Crippen LogP contribution in [0.1, 0.15) is 5.56 Å². The summed E-state index contributed by atoms with van der Waals surface area (Å²) in [5, 5.41) is 2.97. The summed E-state index contributed by atoms with van der Waals surface area (Å²) in [5.74, 6) is 0.925. The zero-order valence-corrected chi connectivity index (χ0v) is 10.1. The summed E-state index contributed by atoms with van der Waals surface area (Å²) in [6.45, 7) is 0. The van der Waals surface area contributed by atoms with Crippen LogP contribution in [0.5, 0.6) is 0 Å². The normalized spacial score (nSPS) is 21.8. The smallest absolute Gasteiger partial charge is 0.195 e. The minimum atomic E-state index is -0.921. The molecule has 1 atom stereocenters. The van der Waals surface area contributed by atoms with Crippen LogP contribution in [0, 0.1) is 0 Å². The van der Waals surface area contributed by atoms with E-state index in [1.807, 2.05) is 24.3 Å². The molecule has 6 heteroatoms. The van der Waals surface area contributed by atoms with Crippen molar-refractivity contribution in [3.05, 3.63) is 54.7 Å². The molecule has 96 valence electrons. The van der Waals surface area contributed by atoms with E-state index in [-0.39, 0.29) is 5.96 Å². The molecule has 1 unspecified atom stereocenters. The fraction of sp³-hybridized carbons (Fsp3) is 0.0769. The van der Waals surface area contributed by atoms with Crippen molar-refractivity contribution in [3.8, 4) is 11.3 Å². The van der Waals surface area contributed by atoms with Crippen LogP contribution < -0.4 is 16.8 Å². The van der Waals surface area contributed by atoms with E-state index >= 15 is 0 Å². The van der Waals surface area contributed by atoms with Crippen LogP contribution in [0.3, 0.4) is 0 Å². The predicted molar refractivity (Wildman–Crippen MR) is 71.7 cm³/mol. The summed E-state index contributed by atoms with van der Waals surface area (Å²) < 4.78 is 5.34. The van der Waals surface area contributed by atoms with Crippen molar-refractivity contribution in [3.63, 3.8) is 0 Å². The molecule has 2 heterocycles. The Morgan fingerprint density at radius 3 is 2.84 bits per heavy atom. The highest BCUT2D eigenvalue weighted by atomic mass is 16.3. The molecule has 1 aliphatic heterocycles. The fourth-order valence-corrected chi connectivity index (χ4v) is 2.09. The van der Waals surface area contributed by atoms with Gasteiger partial charge in [-0.05, 0) is 6.08 Å². The Morgan fingerprint density at radius 1 is 1.26 bits per heavy atom. The summed E-state index contributed by atoms with van der Waals surface area (Å²) in [6, 6.07) is 7.64. The molecule has 1 aromatic heterocycles. The number of aromatic nitrogens is 1. The molecular formula is C13H13N5O. The first-order valence-corrected chi connectivity index (χ1v) is 5.75. The average molecular weight is 255 g/mol. The molecular weight excluding hydrogens is 242 g/mol. The molecule has 0 spiro atoms. The Morgan fingerprint density at radius 2 is 2.11 bits per heavy atom. The number of nitrogens with zero attached hydrogens (tertiary/aromatic N) is 2. The van der Waals surface area contributed by atoms with E-state index in [1.54, 1.807) is 18.5 Å². The van der Waals surface area contributed by atoms with E-state index in [4.69, 9.17) is 15.9 Å². The van der Waals surface area contributed by atoms with Crippen molar-refractivity contribution >= 4 is 5.96 Å². The lowest BCUT2D eigenvalue weighted by Gasteiger charge is -2.31. The lowest BCUT2D eigenvalue weighted by atomic mass is 9.93. The zero-order chi connectivity index (χ0) is 13.3. The number of nitrogens with two attached hydrogens (primary N) is 2. The van der Waals surface area contributed by atoms with Gasteiger partial charge in [0, 0.05) is 17.3 Å². The van der Waals surface area contributed by atoms with Crippen molar-refractivity contribution in [1.29, 1.82) is 0 Å². The third kappa shape index (κ3) is 1.98. The molecule has 0 saturated carbocycles. The highest BCUT2D eigenvalue weighted by molar-refractivity contribution is 5.81. The number of nitrogens with one attached hydrogen (secondary N) is 1. The van der Waals surface area contributed by atoms with Crippen LogP contribution in [0.2, 0.25) is 0 Å². The Bertz CT molecular complexity index is 647. The van der Waals surface area contributed by atoms with Crippen LogP contribution >= 0.6 is 0 Å². The number of hydrogen-bond donors (Lipinski definition) is 3. The highest BCUT2D eigenvalue weighted by Crippen LogP contribution is 2.30. The van der Waals surface area contributed by atoms with Gasteiger partial charge in [0.1, 0.15) is 5.66 Å². The van der Waals surface area contributed by atoms with Crippen LogP contribution in [0.4, 0.5) is 0 Å². The minimum absolute atomic E-state index is 0.275. The summed E-state index contributed by atoms with van der Waals surface area (Å²) in [6.07, 6.45) is 6.36. The Kier molecular flexibility index (Phi) is 2.57. The number of benzene rings is 1. The molecule has 2 aromatic rings. The molecule has 0 radical (unpaired) electrons. The van der Waals surface area contributed by atoms with Crippen LogP contribution in [-0.2, 0) is 5.66 Å². The van der Waals surface area contributed by atoms with E-state index in [0.717, 1.165) is 11.1 Å². The largest absolute Gasteiger partial charge is 0.444 e. The van der Waals surface area contributed by atoms with E-state index in [1.165, 1.54) is 6.39 Å². The van der Waals surface area contributed by atoms with Gasteiger partial charge in [-0.15, -0.1) is 0 Å². The van der Waals surface area contributed by atoms with Gasteiger partial charge >= 0.3 is 0 Å². The second-order valence-corrected chi connectivity index (χ2v) is 4.24. The van der Waals surface area contributed by atoms with E-state index in [9.17, 15) is 0 Å². The van der Waals surface area contributed by atoms with E-state index in [2.05, 4.69) is 15.3 Å². The van der Waals surface area contributed by atoms with E-state index < -0.39 is 5.66 Å². The van der Waals surface area contributed by atoms with E-state index in [0.29, 0.717) is 5.76 Å². The van der Waals surface area contributed by atoms with Gasteiger partial charge in [-0.3, -0.25) is 0 Å². The average Bonchev–Trinajstić information content (AvgIpc) is 2.92. The lowest BCUT2D eigenvalue weighted by Crippen LogP contribution is -2.55. The van der Waals surface area contributed by atoms with Crippen LogP contribution in [-0.4, -0.2) is 10.9 Å². The number of hydrogen-bond acceptors (Lipinski definition) is 6. The maximum atomic E-state index is 6.36. The molecule has 19 heavy (non-hydrogen) atoms. The first-order chi connectivity index (χ1) is 9.19. The Labute approximate surface area is 109 Å². The summed E-state index contributed by atoms with van der Waals surface area (Å²) in [4.78, 5) is 7.86.